The second kappa shape index (κ2) is 3.59. The maximum atomic E-state index is 3.90. The van der Waals surface area contributed by atoms with Crippen molar-refractivity contribution < 1.29 is 0 Å². The van der Waals surface area contributed by atoms with Crippen LogP contribution in [0.1, 0.15) is 0 Å². The van der Waals surface area contributed by atoms with Gasteiger partial charge in [0.15, 0.2) is 0 Å². The van der Waals surface area contributed by atoms with E-state index in [0.717, 1.165) is 0 Å². The summed E-state index contributed by atoms with van der Waals surface area (Å²) in [5.74, 6) is 0. The fourth-order valence-electron chi connectivity index (χ4n) is 0.540. The van der Waals surface area contributed by atoms with Gasteiger partial charge in [-0.15, -0.1) is 10.2 Å². The van der Waals surface area contributed by atoms with Crippen molar-refractivity contribution in [2.24, 2.45) is 0 Å². The lowest BCUT2D eigenvalue weighted by Crippen LogP contribution is -1.87. The van der Waals surface area contributed by atoms with Crippen molar-refractivity contribution in [2.45, 2.75) is 0 Å². The molecule has 2 aromatic rings. The molecule has 8 heteroatoms. The van der Waals surface area contributed by atoms with Crippen molar-refractivity contribution >= 4 is 22.0 Å². The van der Waals surface area contributed by atoms with Crippen LogP contribution in [0.15, 0.2) is 25.3 Å². The number of nitrogens with zero attached hydrogens (tertiary/aromatic N) is 6. The van der Waals surface area contributed by atoms with Gasteiger partial charge in [-0.2, -0.15) is 8.17 Å². The van der Waals surface area contributed by atoms with Crippen molar-refractivity contribution in [1.82, 2.24) is 28.3 Å². The third kappa shape index (κ3) is 1.77. The van der Waals surface area contributed by atoms with E-state index in [0.29, 0.717) is 0 Å². The summed E-state index contributed by atoms with van der Waals surface area (Å²) < 4.78 is 3.26. The molecule has 0 aliphatic carbocycles. The lowest BCUT2D eigenvalue weighted by molar-refractivity contribution is 1.01. The Hall–Kier alpha value is -1.02. The van der Waals surface area contributed by atoms with Gasteiger partial charge >= 0.3 is 0 Å². The summed E-state index contributed by atoms with van der Waals surface area (Å²) in [5.41, 5.74) is 0. The van der Waals surface area contributed by atoms with Gasteiger partial charge in [0.2, 0.25) is 0 Å². The van der Waals surface area contributed by atoms with E-state index in [4.69, 9.17) is 0 Å². The fraction of sp³-hybridized carbons (Fsp3) is 0. The van der Waals surface area contributed by atoms with E-state index < -0.39 is 0 Å². The van der Waals surface area contributed by atoms with Gasteiger partial charge in [-0.25, -0.2) is 9.97 Å². The molecule has 0 saturated heterocycles. The van der Waals surface area contributed by atoms with Crippen LogP contribution in [0.5, 0.6) is 0 Å². The highest BCUT2D eigenvalue weighted by atomic mass is 33.1. The Balaban J connectivity index is 1.91. The molecule has 0 aliphatic heterocycles. The van der Waals surface area contributed by atoms with Gasteiger partial charge in [-0.1, -0.05) is 0 Å². The molecule has 6 nitrogen and oxygen atoms in total. The predicted molar refractivity (Wildman–Crippen MR) is 46.0 cm³/mol. The van der Waals surface area contributed by atoms with Gasteiger partial charge in [-0.3, -0.25) is 0 Å². The molecule has 2 aromatic heterocycles. The molecule has 0 spiro atoms. The van der Waals surface area contributed by atoms with Gasteiger partial charge < -0.3 is 0 Å². The Labute approximate surface area is 76.1 Å². The third-order valence-corrected chi connectivity index (χ3v) is 2.85. The van der Waals surface area contributed by atoms with Crippen molar-refractivity contribution in [2.75, 3.05) is 0 Å². The lowest BCUT2D eigenvalue weighted by Gasteiger charge is -1.95. The molecule has 0 radical (unpaired) electrons. The van der Waals surface area contributed by atoms with Crippen molar-refractivity contribution in [3.63, 3.8) is 0 Å². The molecule has 0 N–H and O–H groups in total. The average Bonchev–Trinajstić information content (AvgIpc) is 2.74. The first-order valence-corrected chi connectivity index (χ1v) is 5.06. The minimum Gasteiger partial charge on any atom is -0.222 e. The maximum absolute atomic E-state index is 3.90. The molecule has 0 saturated carbocycles. The standard InChI is InChI=1S/C4H4N6S2/c1-5-3-9(7-1)11-12-10-4-6-2-8-10/h1-4H. The van der Waals surface area contributed by atoms with Crippen molar-refractivity contribution in [3.8, 4) is 0 Å². The molecule has 12 heavy (non-hydrogen) atoms. The van der Waals surface area contributed by atoms with Crippen LogP contribution in [0.4, 0.5) is 0 Å². The van der Waals surface area contributed by atoms with E-state index in [1.54, 1.807) is 20.8 Å². The van der Waals surface area contributed by atoms with Crippen LogP contribution in [0.3, 0.4) is 0 Å². The van der Waals surface area contributed by atoms with Crippen LogP contribution < -0.4 is 0 Å². The Morgan fingerprint density at radius 1 is 0.833 bits per heavy atom. The zero-order chi connectivity index (χ0) is 8.23. The minimum atomic E-state index is 1.40. The smallest absolute Gasteiger partial charge is 0.138 e. The van der Waals surface area contributed by atoms with E-state index in [2.05, 4.69) is 20.2 Å². The van der Waals surface area contributed by atoms with Crippen LogP contribution in [0.25, 0.3) is 0 Å². The Morgan fingerprint density at radius 2 is 1.33 bits per heavy atom. The van der Waals surface area contributed by atoms with Gasteiger partial charge in [0.05, 0.1) is 22.0 Å². The first-order chi connectivity index (χ1) is 5.95. The Morgan fingerprint density at radius 3 is 1.67 bits per heavy atom. The quantitative estimate of drug-likeness (QED) is 0.671. The highest BCUT2D eigenvalue weighted by Crippen LogP contribution is 2.21. The van der Waals surface area contributed by atoms with Crippen LogP contribution in [0, 0.1) is 0 Å². The number of aromatic nitrogens is 6. The molecule has 0 unspecified atom stereocenters. The minimum absolute atomic E-state index is 1.40. The van der Waals surface area contributed by atoms with Crippen LogP contribution in [0.2, 0.25) is 0 Å². The monoisotopic (exact) mass is 200 g/mol. The Kier molecular flexibility index (Phi) is 2.28. The number of rotatable bonds is 3. The summed E-state index contributed by atoms with van der Waals surface area (Å²) in [6.45, 7) is 0. The van der Waals surface area contributed by atoms with Gasteiger partial charge in [0.25, 0.3) is 0 Å². The zero-order valence-electron chi connectivity index (χ0n) is 5.81. The summed E-state index contributed by atoms with van der Waals surface area (Å²) in [6.07, 6.45) is 6.20. The highest BCUT2D eigenvalue weighted by molar-refractivity contribution is 8.75. The van der Waals surface area contributed by atoms with Crippen LogP contribution in [-0.4, -0.2) is 28.3 Å². The molecule has 2 rings (SSSR count). The van der Waals surface area contributed by atoms with Gasteiger partial charge in [0, 0.05) is 0 Å². The number of hydrogen-bond acceptors (Lipinski definition) is 6. The van der Waals surface area contributed by atoms with Crippen LogP contribution >= 0.6 is 22.0 Å². The van der Waals surface area contributed by atoms with Crippen molar-refractivity contribution in [3.05, 3.63) is 25.3 Å². The molecule has 2 heterocycles. The topological polar surface area (TPSA) is 61.4 Å². The lowest BCUT2D eigenvalue weighted by atomic mass is 11.3. The second-order valence-electron chi connectivity index (χ2n) is 1.75. The van der Waals surface area contributed by atoms with Crippen molar-refractivity contribution in [1.29, 1.82) is 0 Å². The first-order valence-electron chi connectivity index (χ1n) is 3.00. The molecule has 0 atom stereocenters. The predicted octanol–water partition coefficient (Wildman–Crippen LogP) is 0.477. The summed E-state index contributed by atoms with van der Waals surface area (Å²) >= 11 is 0. The van der Waals surface area contributed by atoms with Gasteiger partial charge in [0.1, 0.15) is 25.3 Å². The van der Waals surface area contributed by atoms with E-state index in [1.807, 2.05) is 0 Å². The molecule has 0 aliphatic rings. The molecule has 0 aromatic carbocycles. The Bertz CT molecular complexity index is 281. The first kappa shape index (κ1) is 7.62. The van der Waals surface area contributed by atoms with E-state index in [1.165, 1.54) is 34.6 Å². The zero-order valence-corrected chi connectivity index (χ0v) is 7.44. The fourth-order valence-corrected chi connectivity index (χ4v) is 1.90. The molecular formula is C4H4N6S2. The average molecular weight is 200 g/mol. The summed E-state index contributed by atoms with van der Waals surface area (Å²) in [4.78, 5) is 7.59. The summed E-state index contributed by atoms with van der Waals surface area (Å²) in [5, 5.41) is 7.80. The molecule has 0 amide bonds. The van der Waals surface area contributed by atoms with Crippen LogP contribution in [-0.2, 0) is 0 Å². The van der Waals surface area contributed by atoms with E-state index in [-0.39, 0.29) is 0 Å². The van der Waals surface area contributed by atoms with E-state index in [9.17, 15) is 0 Å². The summed E-state index contributed by atoms with van der Waals surface area (Å²) in [6, 6.07) is 0. The molecule has 62 valence electrons. The molecule has 0 bridgehead atoms. The SMILES string of the molecule is c1ncn(SSn2cncn2)n1. The maximum Gasteiger partial charge on any atom is 0.138 e. The number of hydrogen-bond donors (Lipinski definition) is 0. The molecule has 0 fully saturated rings. The van der Waals surface area contributed by atoms with E-state index >= 15 is 0 Å². The summed E-state index contributed by atoms with van der Waals surface area (Å²) in [7, 11) is 2.81. The second-order valence-corrected chi connectivity index (χ2v) is 3.69. The normalized spacial score (nSPS) is 10.3. The largest absolute Gasteiger partial charge is 0.222 e. The highest BCUT2D eigenvalue weighted by Gasteiger charge is 1.95. The van der Waals surface area contributed by atoms with Gasteiger partial charge in [-0.05, 0) is 0 Å². The third-order valence-electron chi connectivity index (χ3n) is 0.981. The molecular weight excluding hydrogens is 196 g/mol.